The van der Waals surface area contributed by atoms with Crippen LogP contribution in [0.15, 0.2) is 47.1 Å². The molecule has 0 amide bonds. The summed E-state index contributed by atoms with van der Waals surface area (Å²) >= 11 is 7.88. The lowest BCUT2D eigenvalue weighted by Gasteiger charge is -2.47. The van der Waals surface area contributed by atoms with Crippen LogP contribution in [0.5, 0.6) is 0 Å². The van der Waals surface area contributed by atoms with Crippen LogP contribution in [0.1, 0.15) is 11.6 Å². The topological polar surface area (TPSA) is 101 Å². The van der Waals surface area contributed by atoms with E-state index in [0.29, 0.717) is 10.0 Å². The highest BCUT2D eigenvalue weighted by Crippen LogP contribution is 2.46. The molecule has 0 saturated carbocycles. The normalized spacial score (nSPS) is 28.1. The van der Waals surface area contributed by atoms with Gasteiger partial charge in [0.1, 0.15) is 30.0 Å². The molecule has 1 fully saturated rings. The van der Waals surface area contributed by atoms with Crippen LogP contribution in [-0.2, 0) is 9.67 Å². The van der Waals surface area contributed by atoms with Crippen molar-refractivity contribution in [2.24, 2.45) is 0 Å². The van der Waals surface area contributed by atoms with E-state index in [1.165, 1.54) is 6.20 Å². The number of aliphatic hydroxyl groups excluding tert-OH is 3. The number of hydrogen-bond donors (Lipinski definition) is 4. The lowest BCUT2D eigenvalue weighted by Crippen LogP contribution is -2.59. The number of nitrogens with zero attached hydrogens (tertiary/aromatic N) is 3. The average Bonchev–Trinajstić information content (AvgIpc) is 3.24. The molecule has 1 saturated heterocycles. The Morgan fingerprint density at radius 2 is 1.84 bits per heavy atom. The summed E-state index contributed by atoms with van der Waals surface area (Å²) in [6, 6.07) is 7.09. The van der Waals surface area contributed by atoms with Gasteiger partial charge in [-0.3, -0.25) is 0 Å². The summed E-state index contributed by atoms with van der Waals surface area (Å²) in [7, 11) is 0. The van der Waals surface area contributed by atoms with Crippen LogP contribution in [0.4, 0.5) is 13.2 Å². The first kappa shape index (κ1) is 23.2. The Morgan fingerprint density at radius 1 is 1.16 bits per heavy atom. The monoisotopic (exact) mass is 531 g/mol. The standard InChI is InChI=1S/C20H17BrF3N3O4S/c21-11-3-1-2-10(6-11)20(32)19(30)17(18(29)15(8-28)31-20)27-7-14(25-26-27)9-4-12(22)16(24)13(23)5-9/h1-7,15,17-19,28-30,32H,8H2/t15-,17+,18+,19-,20-/m1/s1. The molecule has 2 heterocycles. The molecule has 3 N–H and O–H groups in total. The zero-order valence-electron chi connectivity index (χ0n) is 16.1. The van der Waals surface area contributed by atoms with Crippen molar-refractivity contribution in [2.45, 2.75) is 29.3 Å². The Balaban J connectivity index is 1.75. The van der Waals surface area contributed by atoms with Gasteiger partial charge in [0.25, 0.3) is 0 Å². The number of hydrogen-bond acceptors (Lipinski definition) is 7. The third-order valence-electron chi connectivity index (χ3n) is 5.30. The summed E-state index contributed by atoms with van der Waals surface area (Å²) in [6.07, 6.45) is -2.83. The molecule has 0 bridgehead atoms. The van der Waals surface area contributed by atoms with Crippen LogP contribution >= 0.6 is 28.6 Å². The fourth-order valence-corrected chi connectivity index (χ4v) is 4.49. The van der Waals surface area contributed by atoms with Crippen LogP contribution < -0.4 is 0 Å². The number of benzene rings is 2. The zero-order chi connectivity index (χ0) is 23.2. The van der Waals surface area contributed by atoms with Crippen LogP contribution in [0.3, 0.4) is 0 Å². The van der Waals surface area contributed by atoms with E-state index in [4.69, 9.17) is 4.74 Å². The van der Waals surface area contributed by atoms with E-state index in [2.05, 4.69) is 38.9 Å². The van der Waals surface area contributed by atoms with Gasteiger partial charge in [-0.15, -0.1) is 17.7 Å². The van der Waals surface area contributed by atoms with Crippen molar-refractivity contribution in [1.82, 2.24) is 15.0 Å². The van der Waals surface area contributed by atoms with Gasteiger partial charge in [-0.2, -0.15) is 0 Å². The molecule has 7 nitrogen and oxygen atoms in total. The molecule has 0 radical (unpaired) electrons. The SMILES string of the molecule is OC[C@H]1O[C@@](S)(c2cccc(Br)c2)[C@H](O)[C@@H](n2cc(-c3cc(F)c(F)c(F)c3)nn2)[C@H]1O. The van der Waals surface area contributed by atoms with Crippen LogP contribution in [0.2, 0.25) is 0 Å². The molecule has 5 atom stereocenters. The van der Waals surface area contributed by atoms with E-state index in [-0.39, 0.29) is 11.3 Å². The number of thiol groups is 1. The fourth-order valence-electron chi connectivity index (χ4n) is 3.66. The highest BCUT2D eigenvalue weighted by molar-refractivity contribution is 9.10. The highest BCUT2D eigenvalue weighted by atomic mass is 79.9. The van der Waals surface area contributed by atoms with Gasteiger partial charge in [0.05, 0.1) is 12.8 Å². The average molecular weight is 532 g/mol. The number of aliphatic hydroxyl groups is 3. The lowest BCUT2D eigenvalue weighted by atomic mass is 9.88. The molecule has 1 aliphatic heterocycles. The predicted octanol–water partition coefficient (Wildman–Crippen LogP) is 2.56. The number of ether oxygens (including phenoxy) is 1. The van der Waals surface area contributed by atoms with E-state index in [9.17, 15) is 28.5 Å². The third kappa shape index (κ3) is 3.95. The van der Waals surface area contributed by atoms with Crippen LogP contribution in [0, 0.1) is 17.5 Å². The quantitative estimate of drug-likeness (QED) is 0.305. The minimum atomic E-state index is -1.65. The van der Waals surface area contributed by atoms with Gasteiger partial charge in [-0.25, -0.2) is 17.9 Å². The lowest BCUT2D eigenvalue weighted by molar-refractivity contribution is -0.223. The second-order valence-corrected chi connectivity index (χ2v) is 8.89. The molecule has 4 rings (SSSR count). The maximum Gasteiger partial charge on any atom is 0.194 e. The first-order valence-electron chi connectivity index (χ1n) is 9.35. The van der Waals surface area contributed by atoms with E-state index >= 15 is 0 Å². The molecule has 0 unspecified atom stereocenters. The molecule has 0 aliphatic carbocycles. The van der Waals surface area contributed by atoms with Gasteiger partial charge < -0.3 is 20.1 Å². The van der Waals surface area contributed by atoms with Crippen LogP contribution in [0.25, 0.3) is 11.3 Å². The molecule has 1 aliphatic rings. The minimum absolute atomic E-state index is 0.0264. The Hall–Kier alpha value is -1.96. The van der Waals surface area contributed by atoms with Crippen molar-refractivity contribution in [2.75, 3.05) is 6.61 Å². The molecule has 1 aromatic heterocycles. The largest absolute Gasteiger partial charge is 0.394 e. The summed E-state index contributed by atoms with van der Waals surface area (Å²) in [6.45, 7) is -0.587. The Labute approximate surface area is 194 Å². The van der Waals surface area contributed by atoms with E-state index in [1.807, 2.05) is 0 Å². The molecule has 32 heavy (non-hydrogen) atoms. The molecule has 2 aromatic carbocycles. The van der Waals surface area contributed by atoms with E-state index < -0.39 is 53.3 Å². The van der Waals surface area contributed by atoms with Gasteiger partial charge in [0.15, 0.2) is 22.4 Å². The van der Waals surface area contributed by atoms with Crippen molar-refractivity contribution >= 4 is 28.6 Å². The zero-order valence-corrected chi connectivity index (χ0v) is 18.6. The highest BCUT2D eigenvalue weighted by Gasteiger charge is 2.54. The van der Waals surface area contributed by atoms with Gasteiger partial charge in [-0.1, -0.05) is 33.3 Å². The Bertz CT molecular complexity index is 1130. The summed E-state index contributed by atoms with van der Waals surface area (Å²) in [5.74, 6) is -4.41. The molecule has 3 aromatic rings. The molecular formula is C20H17BrF3N3O4S. The van der Waals surface area contributed by atoms with Crippen molar-refractivity contribution in [3.63, 3.8) is 0 Å². The second kappa shape index (κ2) is 8.76. The maximum absolute atomic E-state index is 13.6. The first-order valence-corrected chi connectivity index (χ1v) is 10.6. The van der Waals surface area contributed by atoms with Crippen molar-refractivity contribution in [3.05, 3.63) is 70.1 Å². The van der Waals surface area contributed by atoms with Crippen molar-refractivity contribution in [3.8, 4) is 11.3 Å². The fraction of sp³-hybridized carbons (Fsp3) is 0.300. The van der Waals surface area contributed by atoms with Crippen molar-refractivity contribution < 1.29 is 33.2 Å². The minimum Gasteiger partial charge on any atom is -0.394 e. The van der Waals surface area contributed by atoms with Gasteiger partial charge in [0.2, 0.25) is 0 Å². The molecule has 0 spiro atoms. The van der Waals surface area contributed by atoms with Gasteiger partial charge in [0, 0.05) is 10.0 Å². The molecule has 12 heteroatoms. The number of aromatic nitrogens is 3. The maximum atomic E-state index is 13.6. The van der Waals surface area contributed by atoms with Gasteiger partial charge >= 0.3 is 0 Å². The third-order valence-corrected chi connectivity index (χ3v) is 6.42. The smallest absolute Gasteiger partial charge is 0.194 e. The van der Waals surface area contributed by atoms with Crippen LogP contribution in [-0.4, -0.2) is 55.2 Å². The second-order valence-electron chi connectivity index (χ2n) is 7.31. The predicted molar refractivity (Wildman–Crippen MR) is 113 cm³/mol. The summed E-state index contributed by atoms with van der Waals surface area (Å²) in [5, 5.41) is 39.3. The summed E-state index contributed by atoms with van der Waals surface area (Å²) in [4.78, 5) is -1.65. The Kier molecular flexibility index (Phi) is 6.36. The van der Waals surface area contributed by atoms with Gasteiger partial charge in [-0.05, 0) is 29.8 Å². The number of rotatable bonds is 4. The summed E-state index contributed by atoms with van der Waals surface area (Å²) < 4.78 is 48.1. The molecular weight excluding hydrogens is 515 g/mol. The molecule has 170 valence electrons. The van der Waals surface area contributed by atoms with E-state index in [0.717, 1.165) is 16.8 Å². The first-order chi connectivity index (χ1) is 15.2. The summed E-state index contributed by atoms with van der Waals surface area (Å²) in [5.41, 5.74) is 0.328. The Morgan fingerprint density at radius 3 is 2.47 bits per heavy atom. The number of halogens is 4. The van der Waals surface area contributed by atoms with Crippen molar-refractivity contribution in [1.29, 1.82) is 0 Å². The van der Waals surface area contributed by atoms with E-state index in [1.54, 1.807) is 24.3 Å².